The fraction of sp³-hybridized carbons (Fsp3) is 0.143. The lowest BCUT2D eigenvalue weighted by molar-refractivity contribution is 0.0967. The van der Waals surface area contributed by atoms with Crippen LogP contribution in [0.15, 0.2) is 30.3 Å². The van der Waals surface area contributed by atoms with Crippen LogP contribution in [-0.2, 0) is 6.61 Å². The van der Waals surface area contributed by atoms with Gasteiger partial charge in [0.2, 0.25) is 0 Å². The lowest BCUT2D eigenvalue weighted by atomic mass is 10.8. The van der Waals surface area contributed by atoms with Gasteiger partial charge >= 0.3 is 0 Å². The zero-order valence-corrected chi connectivity index (χ0v) is 7.07. The van der Waals surface area contributed by atoms with Crippen LogP contribution in [0.1, 0.15) is 5.01 Å². The third-order valence-electron chi connectivity index (χ3n) is 1.30. The van der Waals surface area contributed by atoms with Gasteiger partial charge < -0.3 is 4.84 Å². The van der Waals surface area contributed by atoms with Gasteiger partial charge in [-0.3, -0.25) is 0 Å². The first-order valence-corrected chi connectivity index (χ1v) is 4.33. The highest BCUT2D eigenvalue weighted by Crippen LogP contribution is 2.03. The van der Waals surface area contributed by atoms with Crippen molar-refractivity contribution in [2.75, 3.05) is 0 Å². The molecule has 2 heterocycles. The van der Waals surface area contributed by atoms with Crippen molar-refractivity contribution < 1.29 is 4.84 Å². The number of rotatable bonds is 3. The van der Waals surface area contributed by atoms with Crippen molar-refractivity contribution >= 4 is 11.3 Å². The summed E-state index contributed by atoms with van der Waals surface area (Å²) in [7, 11) is 0. The second kappa shape index (κ2) is 3.36. The van der Waals surface area contributed by atoms with Crippen molar-refractivity contribution in [3.63, 3.8) is 0 Å². The maximum absolute atomic E-state index is 5.29. The monoisotopic (exact) mass is 181 g/mol. The molecule has 2 aromatic heterocycles. The normalized spacial score (nSPS) is 10.0. The lowest BCUT2D eigenvalue weighted by Gasteiger charge is -2.01. The average molecular weight is 181 g/mol. The van der Waals surface area contributed by atoms with E-state index in [1.54, 1.807) is 41.0 Å². The van der Waals surface area contributed by atoms with E-state index in [0.717, 1.165) is 5.01 Å². The molecule has 0 aromatic carbocycles. The van der Waals surface area contributed by atoms with Gasteiger partial charge in [-0.15, -0.1) is 11.3 Å². The zero-order valence-electron chi connectivity index (χ0n) is 6.25. The van der Waals surface area contributed by atoms with Crippen LogP contribution in [0.5, 0.6) is 0 Å². The van der Waals surface area contributed by atoms with E-state index in [0.29, 0.717) is 6.61 Å². The summed E-state index contributed by atoms with van der Waals surface area (Å²) < 4.78 is 1.56. The smallest absolute Gasteiger partial charge is 0.166 e. The zero-order chi connectivity index (χ0) is 8.23. The number of thiazole rings is 1. The Bertz CT molecular complexity index is 282. The molecule has 5 heteroatoms. The second-order valence-electron chi connectivity index (χ2n) is 2.12. The first-order chi connectivity index (χ1) is 5.95. The van der Waals surface area contributed by atoms with Crippen LogP contribution in [0.25, 0.3) is 0 Å². The molecule has 0 aliphatic carbocycles. The molecule has 0 N–H and O–H groups in total. The maximum atomic E-state index is 5.29. The average Bonchev–Trinajstić information content (AvgIpc) is 2.74. The molecule has 0 amide bonds. The molecule has 0 radical (unpaired) electrons. The Morgan fingerprint density at radius 3 is 3.17 bits per heavy atom. The van der Waals surface area contributed by atoms with Gasteiger partial charge in [0.1, 0.15) is 11.3 Å². The summed E-state index contributed by atoms with van der Waals surface area (Å²) in [4.78, 5) is 13.2. The van der Waals surface area contributed by atoms with Crippen LogP contribution in [-0.4, -0.2) is 14.7 Å². The Kier molecular flexibility index (Phi) is 2.04. The molecule has 4 nitrogen and oxygen atoms in total. The van der Waals surface area contributed by atoms with Crippen molar-refractivity contribution in [2.45, 2.75) is 6.61 Å². The van der Waals surface area contributed by atoms with E-state index in [2.05, 4.69) is 9.97 Å². The third kappa shape index (κ3) is 1.62. The minimum absolute atomic E-state index is 0.494. The lowest BCUT2D eigenvalue weighted by Crippen LogP contribution is -2.08. The van der Waals surface area contributed by atoms with Crippen LogP contribution in [0, 0.1) is 0 Å². The summed E-state index contributed by atoms with van der Waals surface area (Å²) in [6, 6.07) is 0. The molecule has 0 aliphatic heterocycles. The summed E-state index contributed by atoms with van der Waals surface area (Å²) in [5.74, 6) is 0. The number of hydrogen-bond donors (Lipinski definition) is 0. The summed E-state index contributed by atoms with van der Waals surface area (Å²) >= 11 is 1.57. The molecule has 62 valence electrons. The highest BCUT2D eigenvalue weighted by Gasteiger charge is 1.95. The minimum atomic E-state index is 0.494. The Labute approximate surface area is 73.4 Å². The van der Waals surface area contributed by atoms with Gasteiger partial charge in [0.15, 0.2) is 6.61 Å². The maximum Gasteiger partial charge on any atom is 0.166 e. The largest absolute Gasteiger partial charge is 0.406 e. The van der Waals surface area contributed by atoms with E-state index in [9.17, 15) is 0 Å². The summed E-state index contributed by atoms with van der Waals surface area (Å²) in [5.41, 5.74) is 0. The van der Waals surface area contributed by atoms with Crippen molar-refractivity contribution in [1.29, 1.82) is 0 Å². The molecule has 0 saturated carbocycles. The van der Waals surface area contributed by atoms with Crippen molar-refractivity contribution in [2.24, 2.45) is 0 Å². The highest BCUT2D eigenvalue weighted by atomic mass is 32.1. The van der Waals surface area contributed by atoms with Crippen LogP contribution in [0.2, 0.25) is 0 Å². The number of nitrogens with zero attached hydrogens (tertiary/aromatic N) is 3. The standard InChI is InChI=1S/C7H7N3OS/c1-3-10(6-8-1)11-5-7-9-2-4-12-7/h1-4,6H,5H2. The first kappa shape index (κ1) is 7.30. The second-order valence-corrected chi connectivity index (χ2v) is 3.10. The van der Waals surface area contributed by atoms with E-state index in [-0.39, 0.29) is 0 Å². The van der Waals surface area contributed by atoms with Gasteiger partial charge in [-0.1, -0.05) is 0 Å². The Morgan fingerprint density at radius 2 is 2.50 bits per heavy atom. The highest BCUT2D eigenvalue weighted by molar-refractivity contribution is 7.09. The van der Waals surface area contributed by atoms with E-state index < -0.39 is 0 Å². The molecule has 0 bridgehead atoms. The molecule has 0 spiro atoms. The molecule has 0 atom stereocenters. The summed E-state index contributed by atoms with van der Waals surface area (Å²) in [5, 5.41) is 2.88. The van der Waals surface area contributed by atoms with Gasteiger partial charge in [-0.05, 0) is 0 Å². The van der Waals surface area contributed by atoms with E-state index >= 15 is 0 Å². The van der Waals surface area contributed by atoms with Crippen LogP contribution in [0.4, 0.5) is 0 Å². The van der Waals surface area contributed by atoms with Gasteiger partial charge in [0.25, 0.3) is 0 Å². The molecule has 2 aromatic rings. The first-order valence-electron chi connectivity index (χ1n) is 3.45. The van der Waals surface area contributed by atoms with Crippen molar-refractivity contribution in [3.05, 3.63) is 35.3 Å². The number of imidazole rings is 1. The minimum Gasteiger partial charge on any atom is -0.406 e. The Hall–Kier alpha value is -1.36. The topological polar surface area (TPSA) is 39.9 Å². The molecule has 12 heavy (non-hydrogen) atoms. The predicted molar refractivity (Wildman–Crippen MR) is 44.6 cm³/mol. The molecular formula is C7H7N3OS. The molecule has 0 unspecified atom stereocenters. The molecule has 0 fully saturated rings. The van der Waals surface area contributed by atoms with Crippen LogP contribution >= 0.6 is 11.3 Å². The van der Waals surface area contributed by atoms with Gasteiger partial charge in [0.05, 0.1) is 6.20 Å². The molecule has 0 aliphatic rings. The molecular weight excluding hydrogens is 174 g/mol. The fourth-order valence-corrected chi connectivity index (χ4v) is 1.30. The van der Waals surface area contributed by atoms with E-state index in [4.69, 9.17) is 4.84 Å². The van der Waals surface area contributed by atoms with Crippen LogP contribution in [0.3, 0.4) is 0 Å². The third-order valence-corrected chi connectivity index (χ3v) is 2.05. The van der Waals surface area contributed by atoms with Gasteiger partial charge in [-0.25, -0.2) is 9.97 Å². The number of hydrogen-bond acceptors (Lipinski definition) is 4. The van der Waals surface area contributed by atoms with Gasteiger partial charge in [-0.2, -0.15) is 4.73 Å². The van der Waals surface area contributed by atoms with E-state index in [1.165, 1.54) is 0 Å². The summed E-state index contributed by atoms with van der Waals surface area (Å²) in [6.07, 6.45) is 6.78. The van der Waals surface area contributed by atoms with Crippen molar-refractivity contribution in [3.8, 4) is 0 Å². The van der Waals surface area contributed by atoms with Crippen LogP contribution < -0.4 is 4.84 Å². The number of aromatic nitrogens is 3. The molecule has 2 rings (SSSR count). The van der Waals surface area contributed by atoms with E-state index in [1.807, 2.05) is 5.38 Å². The molecule has 0 saturated heterocycles. The predicted octanol–water partition coefficient (Wildman–Crippen LogP) is 0.968. The summed E-state index contributed by atoms with van der Waals surface area (Å²) in [6.45, 7) is 0.494. The fourth-order valence-electron chi connectivity index (χ4n) is 0.777. The van der Waals surface area contributed by atoms with Gasteiger partial charge in [0, 0.05) is 17.8 Å². The quantitative estimate of drug-likeness (QED) is 0.708. The Morgan fingerprint density at radius 1 is 1.50 bits per heavy atom. The van der Waals surface area contributed by atoms with Crippen molar-refractivity contribution in [1.82, 2.24) is 14.7 Å². The Balaban J connectivity index is 1.91. The SMILES string of the molecule is c1cn(OCc2nccs2)cn1.